The van der Waals surface area contributed by atoms with E-state index in [0.29, 0.717) is 5.92 Å². The van der Waals surface area contributed by atoms with E-state index in [1.165, 1.54) is 38.7 Å². The third-order valence-corrected chi connectivity index (χ3v) is 5.76. The van der Waals surface area contributed by atoms with Crippen molar-refractivity contribution in [3.8, 4) is 11.3 Å². The van der Waals surface area contributed by atoms with Gasteiger partial charge in [-0.2, -0.15) is 10.2 Å². The molecule has 2 aromatic carbocycles. The Labute approximate surface area is 158 Å². The minimum atomic E-state index is 0.382. The summed E-state index contributed by atoms with van der Waals surface area (Å²) in [5.74, 6) is 0.382. The summed E-state index contributed by atoms with van der Waals surface area (Å²) in [7, 11) is 2.21. The van der Waals surface area contributed by atoms with Crippen LogP contribution in [-0.2, 0) is 6.54 Å². The van der Waals surface area contributed by atoms with Crippen LogP contribution >= 0.6 is 0 Å². The van der Waals surface area contributed by atoms with E-state index in [2.05, 4.69) is 70.5 Å². The zero-order valence-electron chi connectivity index (χ0n) is 15.6. The minimum Gasteiger partial charge on any atom is -0.361 e. The first kappa shape index (κ1) is 16.2. The topological polar surface area (TPSA) is 44.8 Å². The number of fused-ring (bicyclic) bond motifs is 2. The second-order valence-electron chi connectivity index (χ2n) is 7.49. The number of likely N-dealkylation sites (N-methyl/N-ethyl adjacent to an activating group) is 1. The van der Waals surface area contributed by atoms with Crippen LogP contribution in [0.2, 0.25) is 0 Å². The number of aromatic nitrogens is 3. The maximum absolute atomic E-state index is 4.32. The van der Waals surface area contributed by atoms with E-state index in [1.807, 2.05) is 18.3 Å². The normalized spacial score (nSPS) is 17.2. The van der Waals surface area contributed by atoms with Gasteiger partial charge in [-0.05, 0) is 71.9 Å². The minimum absolute atomic E-state index is 0.382. The van der Waals surface area contributed by atoms with Gasteiger partial charge in [0.25, 0.3) is 0 Å². The monoisotopic (exact) mass is 354 g/mol. The number of rotatable bonds is 2. The molecular formula is C23H22N4. The number of nitrogens with zero attached hydrogens (tertiary/aromatic N) is 3. The van der Waals surface area contributed by atoms with Crippen LogP contribution in [0.4, 0.5) is 0 Å². The second kappa shape index (κ2) is 6.32. The number of hydrogen-bond donors (Lipinski definition) is 1. The molecule has 0 fully saturated rings. The Balaban J connectivity index is 1.64. The lowest BCUT2D eigenvalue weighted by atomic mass is 9.81. The molecule has 3 heterocycles. The van der Waals surface area contributed by atoms with Gasteiger partial charge in [0.2, 0.25) is 0 Å². The van der Waals surface area contributed by atoms with E-state index >= 15 is 0 Å². The number of nitrogens with one attached hydrogen (secondary N) is 1. The SMILES string of the molecule is Cc1c(-c2cccnn2)ccc2c1CN(C)CC2c1ccc2[nH]ccc2c1. The summed E-state index contributed by atoms with van der Waals surface area (Å²) in [6.45, 7) is 4.22. The highest BCUT2D eigenvalue weighted by molar-refractivity contribution is 5.80. The fourth-order valence-corrected chi connectivity index (χ4v) is 4.35. The molecule has 0 spiro atoms. The summed E-state index contributed by atoms with van der Waals surface area (Å²) in [6, 6.07) is 17.4. The first-order chi connectivity index (χ1) is 13.2. The van der Waals surface area contributed by atoms with Crippen LogP contribution < -0.4 is 0 Å². The molecule has 0 saturated carbocycles. The zero-order valence-corrected chi connectivity index (χ0v) is 15.6. The van der Waals surface area contributed by atoms with Crippen LogP contribution in [0.1, 0.15) is 28.2 Å². The average molecular weight is 354 g/mol. The van der Waals surface area contributed by atoms with Gasteiger partial charge in [-0.15, -0.1) is 0 Å². The fraction of sp³-hybridized carbons (Fsp3) is 0.217. The van der Waals surface area contributed by atoms with E-state index in [1.54, 1.807) is 6.20 Å². The molecular weight excluding hydrogens is 332 g/mol. The van der Waals surface area contributed by atoms with Gasteiger partial charge < -0.3 is 9.88 Å². The van der Waals surface area contributed by atoms with Crippen LogP contribution in [0.5, 0.6) is 0 Å². The number of hydrogen-bond acceptors (Lipinski definition) is 3. The summed E-state index contributed by atoms with van der Waals surface area (Å²) in [5.41, 5.74) is 8.86. The Morgan fingerprint density at radius 2 is 2.04 bits per heavy atom. The van der Waals surface area contributed by atoms with E-state index in [-0.39, 0.29) is 0 Å². The van der Waals surface area contributed by atoms with Gasteiger partial charge in [-0.1, -0.05) is 18.2 Å². The maximum atomic E-state index is 4.32. The molecule has 4 aromatic rings. The molecule has 0 aliphatic carbocycles. The molecule has 1 unspecified atom stereocenters. The van der Waals surface area contributed by atoms with Gasteiger partial charge in [0.1, 0.15) is 0 Å². The van der Waals surface area contributed by atoms with Gasteiger partial charge in [-0.3, -0.25) is 0 Å². The number of H-pyrrole nitrogens is 1. The lowest BCUT2D eigenvalue weighted by Crippen LogP contribution is -2.31. The van der Waals surface area contributed by atoms with Gasteiger partial charge in [-0.25, -0.2) is 0 Å². The maximum Gasteiger partial charge on any atom is 0.0932 e. The van der Waals surface area contributed by atoms with Crippen LogP contribution in [0.3, 0.4) is 0 Å². The van der Waals surface area contributed by atoms with Crippen LogP contribution in [0.25, 0.3) is 22.2 Å². The molecule has 134 valence electrons. The molecule has 1 aliphatic rings. The van der Waals surface area contributed by atoms with Gasteiger partial charge in [0, 0.05) is 42.5 Å². The van der Waals surface area contributed by atoms with Crippen molar-refractivity contribution in [3.05, 3.63) is 83.2 Å². The average Bonchev–Trinajstić information content (AvgIpc) is 3.17. The highest BCUT2D eigenvalue weighted by atomic mass is 15.1. The van der Waals surface area contributed by atoms with E-state index in [0.717, 1.165) is 18.8 Å². The Morgan fingerprint density at radius 1 is 1.11 bits per heavy atom. The lowest BCUT2D eigenvalue weighted by Gasteiger charge is -2.34. The standard InChI is InChI=1S/C23H22N4/c1-15-18(23-4-3-10-25-26-23)6-7-19-20(15)13-27(2)14-21(19)16-5-8-22-17(12-16)9-11-24-22/h3-12,21,24H,13-14H2,1-2H3. The summed E-state index contributed by atoms with van der Waals surface area (Å²) < 4.78 is 0. The van der Waals surface area contributed by atoms with Gasteiger partial charge in [0.05, 0.1) is 5.69 Å². The first-order valence-corrected chi connectivity index (χ1v) is 9.37. The van der Waals surface area contributed by atoms with Crippen molar-refractivity contribution in [3.63, 3.8) is 0 Å². The van der Waals surface area contributed by atoms with Gasteiger partial charge >= 0.3 is 0 Å². The Morgan fingerprint density at radius 3 is 2.89 bits per heavy atom. The molecule has 0 bridgehead atoms. The molecule has 0 radical (unpaired) electrons. The first-order valence-electron chi connectivity index (χ1n) is 9.37. The van der Waals surface area contributed by atoms with Crippen molar-refractivity contribution in [1.29, 1.82) is 0 Å². The highest BCUT2D eigenvalue weighted by Crippen LogP contribution is 2.38. The molecule has 4 nitrogen and oxygen atoms in total. The molecule has 1 N–H and O–H groups in total. The number of aromatic amines is 1. The van der Waals surface area contributed by atoms with Crippen molar-refractivity contribution in [2.75, 3.05) is 13.6 Å². The molecule has 1 aliphatic heterocycles. The predicted molar refractivity (Wildman–Crippen MR) is 109 cm³/mol. The molecule has 0 saturated heterocycles. The number of benzene rings is 2. The smallest absolute Gasteiger partial charge is 0.0932 e. The predicted octanol–water partition coefficient (Wildman–Crippen LogP) is 4.51. The van der Waals surface area contributed by atoms with Crippen LogP contribution in [0, 0.1) is 6.92 Å². The van der Waals surface area contributed by atoms with Crippen molar-refractivity contribution >= 4 is 10.9 Å². The molecule has 27 heavy (non-hydrogen) atoms. The molecule has 2 aromatic heterocycles. The molecule has 0 amide bonds. The lowest BCUT2D eigenvalue weighted by molar-refractivity contribution is 0.294. The Kier molecular flexibility index (Phi) is 3.80. The van der Waals surface area contributed by atoms with Crippen molar-refractivity contribution in [2.24, 2.45) is 0 Å². The van der Waals surface area contributed by atoms with E-state index < -0.39 is 0 Å². The molecule has 1 atom stereocenters. The van der Waals surface area contributed by atoms with Crippen molar-refractivity contribution < 1.29 is 0 Å². The summed E-state index contributed by atoms with van der Waals surface area (Å²) >= 11 is 0. The third kappa shape index (κ3) is 2.73. The third-order valence-electron chi connectivity index (χ3n) is 5.76. The Hall–Kier alpha value is -2.98. The second-order valence-corrected chi connectivity index (χ2v) is 7.49. The largest absolute Gasteiger partial charge is 0.361 e. The Bertz CT molecular complexity index is 1110. The zero-order chi connectivity index (χ0) is 18.4. The molecule has 5 rings (SSSR count). The fourth-order valence-electron chi connectivity index (χ4n) is 4.35. The van der Waals surface area contributed by atoms with E-state index in [9.17, 15) is 0 Å². The van der Waals surface area contributed by atoms with E-state index in [4.69, 9.17) is 0 Å². The van der Waals surface area contributed by atoms with Crippen LogP contribution in [0.15, 0.2) is 60.9 Å². The van der Waals surface area contributed by atoms with Crippen molar-refractivity contribution in [1.82, 2.24) is 20.1 Å². The highest BCUT2D eigenvalue weighted by Gasteiger charge is 2.27. The van der Waals surface area contributed by atoms with Crippen LogP contribution in [-0.4, -0.2) is 33.7 Å². The van der Waals surface area contributed by atoms with Gasteiger partial charge in [0.15, 0.2) is 0 Å². The summed E-state index contributed by atoms with van der Waals surface area (Å²) in [4.78, 5) is 5.71. The van der Waals surface area contributed by atoms with Crippen molar-refractivity contribution in [2.45, 2.75) is 19.4 Å². The molecule has 4 heteroatoms. The summed E-state index contributed by atoms with van der Waals surface area (Å²) in [5, 5.41) is 9.64. The summed E-state index contributed by atoms with van der Waals surface area (Å²) in [6.07, 6.45) is 3.73. The quantitative estimate of drug-likeness (QED) is 0.576.